The molecule has 3 aromatic rings. The standard InChI is InChI=1S/C17H11F3N4O5/c1-9(15-6-10-4-2-3-5-14(10)29-15)21-22-16-12(23(25)26)7-11(17(18,19)20)8-13(16)24(27)28/h2-8,22H,1H3/b21-9-. The molecule has 0 spiro atoms. The van der Waals surface area contributed by atoms with Gasteiger partial charge in [-0.05, 0) is 19.1 Å². The van der Waals surface area contributed by atoms with Crippen molar-refractivity contribution >= 4 is 33.7 Å². The minimum Gasteiger partial charge on any atom is -0.455 e. The third-order valence-corrected chi connectivity index (χ3v) is 3.93. The van der Waals surface area contributed by atoms with Gasteiger partial charge in [0.15, 0.2) is 5.76 Å². The van der Waals surface area contributed by atoms with Gasteiger partial charge in [-0.1, -0.05) is 18.2 Å². The molecule has 0 atom stereocenters. The number of hydrogen-bond acceptors (Lipinski definition) is 7. The molecule has 1 heterocycles. The fraction of sp³-hybridized carbons (Fsp3) is 0.118. The second-order valence-electron chi connectivity index (χ2n) is 5.86. The van der Waals surface area contributed by atoms with Crippen LogP contribution in [0.5, 0.6) is 0 Å². The number of nitro groups is 2. The Morgan fingerprint density at radius 2 is 1.66 bits per heavy atom. The predicted octanol–water partition coefficient (Wildman–Crippen LogP) is 5.10. The normalized spacial score (nSPS) is 12.2. The summed E-state index contributed by atoms with van der Waals surface area (Å²) in [5.74, 6) is 0.274. The summed E-state index contributed by atoms with van der Waals surface area (Å²) in [5, 5.41) is 27.0. The Morgan fingerprint density at radius 3 is 2.17 bits per heavy atom. The minimum atomic E-state index is -5.00. The van der Waals surface area contributed by atoms with E-state index in [1.807, 2.05) is 0 Å². The van der Waals surface area contributed by atoms with Crippen LogP contribution in [0, 0.1) is 20.2 Å². The summed E-state index contributed by atoms with van der Waals surface area (Å²) >= 11 is 0. The van der Waals surface area contributed by atoms with Gasteiger partial charge < -0.3 is 4.42 Å². The van der Waals surface area contributed by atoms with E-state index in [1.165, 1.54) is 6.92 Å². The molecule has 0 aliphatic rings. The summed E-state index contributed by atoms with van der Waals surface area (Å²) in [6.07, 6.45) is -5.00. The van der Waals surface area contributed by atoms with E-state index in [4.69, 9.17) is 4.42 Å². The van der Waals surface area contributed by atoms with E-state index in [-0.39, 0.29) is 23.6 Å². The predicted molar refractivity (Wildman–Crippen MR) is 96.8 cm³/mol. The van der Waals surface area contributed by atoms with Crippen LogP contribution in [-0.4, -0.2) is 15.6 Å². The average Bonchev–Trinajstić information content (AvgIpc) is 3.08. The summed E-state index contributed by atoms with van der Waals surface area (Å²) in [4.78, 5) is 20.1. The molecule has 0 saturated carbocycles. The van der Waals surface area contributed by atoms with Crippen LogP contribution < -0.4 is 5.43 Å². The van der Waals surface area contributed by atoms with Gasteiger partial charge in [0.1, 0.15) is 11.3 Å². The van der Waals surface area contributed by atoms with Gasteiger partial charge in [-0.15, -0.1) is 0 Å². The average molecular weight is 408 g/mol. The smallest absolute Gasteiger partial charge is 0.416 e. The lowest BCUT2D eigenvalue weighted by Gasteiger charge is -2.09. The Labute approximate surface area is 159 Å². The van der Waals surface area contributed by atoms with E-state index in [1.54, 1.807) is 30.3 Å². The number of hydrogen-bond donors (Lipinski definition) is 1. The topological polar surface area (TPSA) is 124 Å². The molecule has 1 aromatic heterocycles. The number of nitrogens with one attached hydrogen (secondary N) is 1. The van der Waals surface area contributed by atoms with Crippen molar-refractivity contribution in [3.05, 3.63) is 74.0 Å². The molecule has 29 heavy (non-hydrogen) atoms. The lowest BCUT2D eigenvalue weighted by molar-refractivity contribution is -0.392. The van der Waals surface area contributed by atoms with Gasteiger partial charge >= 0.3 is 17.6 Å². The minimum absolute atomic E-state index is 0.171. The largest absolute Gasteiger partial charge is 0.455 e. The van der Waals surface area contributed by atoms with Crippen LogP contribution in [0.1, 0.15) is 18.2 Å². The molecule has 2 aromatic carbocycles. The Morgan fingerprint density at radius 1 is 1.07 bits per heavy atom. The highest BCUT2D eigenvalue weighted by Crippen LogP contribution is 2.41. The van der Waals surface area contributed by atoms with Crippen LogP contribution >= 0.6 is 0 Å². The first-order valence-electron chi connectivity index (χ1n) is 7.91. The number of fused-ring (bicyclic) bond motifs is 1. The first kappa shape index (κ1) is 19.8. The first-order chi connectivity index (χ1) is 13.6. The van der Waals surface area contributed by atoms with Crippen molar-refractivity contribution in [2.75, 3.05) is 5.43 Å². The van der Waals surface area contributed by atoms with Crippen molar-refractivity contribution in [2.24, 2.45) is 5.10 Å². The molecule has 150 valence electrons. The summed E-state index contributed by atoms with van der Waals surface area (Å²) < 4.78 is 44.4. The molecule has 0 radical (unpaired) electrons. The Balaban J connectivity index is 2.06. The van der Waals surface area contributed by atoms with Gasteiger partial charge in [0.25, 0.3) is 0 Å². The summed E-state index contributed by atoms with van der Waals surface area (Å²) in [5.41, 5.74) is -1.69. The molecule has 0 fully saturated rings. The first-order valence-corrected chi connectivity index (χ1v) is 7.91. The zero-order chi connectivity index (χ0) is 21.3. The molecule has 0 bridgehead atoms. The summed E-state index contributed by atoms with van der Waals surface area (Å²) in [6.45, 7) is 1.46. The van der Waals surface area contributed by atoms with E-state index < -0.39 is 38.6 Å². The monoisotopic (exact) mass is 408 g/mol. The number of nitrogens with zero attached hydrogens (tertiary/aromatic N) is 3. The van der Waals surface area contributed by atoms with Gasteiger partial charge in [0.2, 0.25) is 5.69 Å². The fourth-order valence-corrected chi connectivity index (χ4v) is 2.53. The van der Waals surface area contributed by atoms with Crippen molar-refractivity contribution < 1.29 is 27.4 Å². The number of furan rings is 1. The zero-order valence-corrected chi connectivity index (χ0v) is 14.6. The lowest BCUT2D eigenvalue weighted by Crippen LogP contribution is -2.10. The van der Waals surface area contributed by atoms with Crippen molar-refractivity contribution in [2.45, 2.75) is 13.1 Å². The lowest BCUT2D eigenvalue weighted by atomic mass is 10.1. The quantitative estimate of drug-likeness (QED) is 0.356. The third-order valence-electron chi connectivity index (χ3n) is 3.93. The number of benzene rings is 2. The Bertz CT molecular complexity index is 1090. The SMILES string of the molecule is C/C(=N/Nc1c([N+](=O)[O-])cc(C(F)(F)F)cc1[N+](=O)[O-])c1cc2ccccc2o1. The molecular weight excluding hydrogens is 397 g/mol. The van der Waals surface area contributed by atoms with Crippen LogP contribution in [0.2, 0.25) is 0 Å². The molecule has 0 saturated heterocycles. The highest BCUT2D eigenvalue weighted by molar-refractivity contribution is 6.00. The number of halogens is 3. The Kier molecular flexibility index (Phi) is 4.93. The van der Waals surface area contributed by atoms with Gasteiger partial charge in [-0.25, -0.2) is 0 Å². The maximum absolute atomic E-state index is 12.9. The molecule has 0 aliphatic heterocycles. The van der Waals surface area contributed by atoms with E-state index in [9.17, 15) is 33.4 Å². The fourth-order valence-electron chi connectivity index (χ4n) is 2.53. The van der Waals surface area contributed by atoms with E-state index in [2.05, 4.69) is 10.5 Å². The molecule has 3 rings (SSSR count). The second-order valence-corrected chi connectivity index (χ2v) is 5.86. The van der Waals surface area contributed by atoms with Crippen LogP contribution in [0.15, 0.2) is 52.0 Å². The number of alkyl halides is 3. The molecule has 12 heteroatoms. The van der Waals surface area contributed by atoms with Crippen molar-refractivity contribution in [3.63, 3.8) is 0 Å². The zero-order valence-electron chi connectivity index (χ0n) is 14.6. The van der Waals surface area contributed by atoms with Gasteiger partial charge in [-0.3, -0.25) is 25.7 Å². The van der Waals surface area contributed by atoms with E-state index in [0.717, 1.165) is 5.39 Å². The highest BCUT2D eigenvalue weighted by Gasteiger charge is 2.37. The van der Waals surface area contributed by atoms with Gasteiger partial charge in [-0.2, -0.15) is 18.3 Å². The van der Waals surface area contributed by atoms with Gasteiger partial charge in [0, 0.05) is 17.5 Å². The maximum atomic E-state index is 12.9. The van der Waals surface area contributed by atoms with Crippen LogP contribution in [0.4, 0.5) is 30.2 Å². The summed E-state index contributed by atoms with van der Waals surface area (Å²) in [6, 6.07) is 9.05. The van der Waals surface area contributed by atoms with Crippen LogP contribution in [0.3, 0.4) is 0 Å². The molecule has 0 amide bonds. The number of hydrazone groups is 1. The number of nitro benzene ring substituents is 2. The molecular formula is C17H11F3N4O5. The van der Waals surface area contributed by atoms with Crippen LogP contribution in [-0.2, 0) is 6.18 Å². The van der Waals surface area contributed by atoms with Crippen LogP contribution in [0.25, 0.3) is 11.0 Å². The molecule has 0 aliphatic carbocycles. The van der Waals surface area contributed by atoms with Crippen molar-refractivity contribution in [1.82, 2.24) is 0 Å². The molecule has 9 nitrogen and oxygen atoms in total. The van der Waals surface area contributed by atoms with Crippen molar-refractivity contribution in [3.8, 4) is 0 Å². The maximum Gasteiger partial charge on any atom is 0.416 e. The third kappa shape index (κ3) is 4.00. The van der Waals surface area contributed by atoms with E-state index in [0.29, 0.717) is 5.58 Å². The summed E-state index contributed by atoms with van der Waals surface area (Å²) in [7, 11) is 0. The Hall–Kier alpha value is -3.96. The molecule has 1 N–H and O–H groups in total. The highest BCUT2D eigenvalue weighted by atomic mass is 19.4. The van der Waals surface area contributed by atoms with Gasteiger partial charge in [0.05, 0.1) is 15.4 Å². The molecule has 0 unspecified atom stereocenters. The van der Waals surface area contributed by atoms with Crippen molar-refractivity contribution in [1.29, 1.82) is 0 Å². The van der Waals surface area contributed by atoms with E-state index >= 15 is 0 Å². The number of anilines is 1. The second kappa shape index (κ2) is 7.22. The number of para-hydroxylation sites is 1. The number of rotatable bonds is 5.